The molecule has 19 heavy (non-hydrogen) atoms. The molecule has 0 radical (unpaired) electrons. The van der Waals surface area contributed by atoms with Gasteiger partial charge in [0.25, 0.3) is 6.43 Å². The second-order valence-corrected chi connectivity index (χ2v) is 3.54. The minimum atomic E-state index is -2.49. The van der Waals surface area contributed by atoms with Crippen molar-refractivity contribution in [1.29, 1.82) is 0 Å². The molecule has 1 N–H and O–H groups in total. The molecule has 0 bridgehead atoms. The lowest BCUT2D eigenvalue weighted by Gasteiger charge is -2.08. The quantitative estimate of drug-likeness (QED) is 0.448. The topological polar surface area (TPSA) is 73.6 Å². The Morgan fingerprint density at radius 2 is 2.21 bits per heavy atom. The van der Waals surface area contributed by atoms with Crippen LogP contribution < -0.4 is 10.1 Å². The van der Waals surface area contributed by atoms with E-state index in [1.165, 1.54) is 25.3 Å². The Balaban J connectivity index is 2.49. The van der Waals surface area contributed by atoms with Gasteiger partial charge in [-0.25, -0.2) is 8.78 Å². The second-order valence-electron chi connectivity index (χ2n) is 3.54. The lowest BCUT2D eigenvalue weighted by molar-refractivity contribution is -0.385. The van der Waals surface area contributed by atoms with E-state index in [0.717, 1.165) is 0 Å². The van der Waals surface area contributed by atoms with Crippen LogP contribution in [0.5, 0.6) is 5.75 Å². The highest BCUT2D eigenvalue weighted by molar-refractivity contribution is 5.57. The molecule has 6 nitrogen and oxygen atoms in total. The van der Waals surface area contributed by atoms with E-state index < -0.39 is 18.0 Å². The van der Waals surface area contributed by atoms with Crippen LogP contribution >= 0.6 is 0 Å². The number of nitrogens with one attached hydrogen (secondary N) is 1. The van der Waals surface area contributed by atoms with Gasteiger partial charge in [0.2, 0.25) is 0 Å². The molecule has 0 aliphatic carbocycles. The number of nitro benzene ring substituents is 1. The molecule has 0 aliphatic heterocycles. The smallest absolute Gasteiger partial charge is 0.311 e. The predicted octanol–water partition coefficient (Wildman–Crippen LogP) is 2.30. The molecule has 1 aromatic carbocycles. The van der Waals surface area contributed by atoms with Crippen LogP contribution in [-0.2, 0) is 4.74 Å². The normalized spacial score (nSPS) is 10.5. The highest BCUT2D eigenvalue weighted by Crippen LogP contribution is 2.29. The number of methoxy groups -OCH3 is 1. The third-order valence-electron chi connectivity index (χ3n) is 2.20. The Labute approximate surface area is 108 Å². The van der Waals surface area contributed by atoms with Crippen molar-refractivity contribution in [3.63, 3.8) is 0 Å². The molecule has 8 heteroatoms. The molecule has 0 aliphatic rings. The molecular formula is C11H14F2N2O4. The van der Waals surface area contributed by atoms with Crippen molar-refractivity contribution in [2.45, 2.75) is 6.43 Å². The van der Waals surface area contributed by atoms with Crippen molar-refractivity contribution in [2.75, 3.05) is 32.2 Å². The fourth-order valence-corrected chi connectivity index (χ4v) is 1.38. The van der Waals surface area contributed by atoms with Crippen LogP contribution in [0.1, 0.15) is 0 Å². The average Bonchev–Trinajstić information content (AvgIpc) is 2.37. The Kier molecular flexibility index (Phi) is 5.94. The molecule has 0 atom stereocenters. The lowest BCUT2D eigenvalue weighted by atomic mass is 10.2. The average molecular weight is 276 g/mol. The maximum atomic E-state index is 11.8. The number of hydrogen-bond acceptors (Lipinski definition) is 5. The van der Waals surface area contributed by atoms with Crippen LogP contribution in [0, 0.1) is 10.1 Å². The summed E-state index contributed by atoms with van der Waals surface area (Å²) in [6.07, 6.45) is -2.49. The highest BCUT2D eigenvalue weighted by Gasteiger charge is 2.14. The largest absolute Gasteiger partial charge is 0.490 e. The van der Waals surface area contributed by atoms with Crippen molar-refractivity contribution in [2.24, 2.45) is 0 Å². The maximum Gasteiger partial charge on any atom is 0.311 e. The van der Waals surface area contributed by atoms with Crippen molar-refractivity contribution < 1.29 is 23.2 Å². The molecule has 0 unspecified atom stereocenters. The SMILES string of the molecule is COc1cc(NCCOCC(F)F)ccc1[N+](=O)[O-]. The molecule has 0 amide bonds. The van der Waals surface area contributed by atoms with Gasteiger partial charge in [0, 0.05) is 24.4 Å². The van der Waals surface area contributed by atoms with Crippen molar-refractivity contribution in [3.8, 4) is 5.75 Å². The number of rotatable bonds is 8. The number of halogens is 2. The minimum absolute atomic E-state index is 0.115. The van der Waals surface area contributed by atoms with Crippen molar-refractivity contribution in [3.05, 3.63) is 28.3 Å². The summed E-state index contributed by atoms with van der Waals surface area (Å²) in [4.78, 5) is 10.1. The minimum Gasteiger partial charge on any atom is -0.490 e. The Hall–Kier alpha value is -1.96. The summed E-state index contributed by atoms with van der Waals surface area (Å²) in [6.45, 7) is -0.178. The van der Waals surface area contributed by atoms with E-state index in [9.17, 15) is 18.9 Å². The fraction of sp³-hybridized carbons (Fsp3) is 0.455. The molecule has 0 spiro atoms. The molecule has 0 heterocycles. The predicted molar refractivity (Wildman–Crippen MR) is 65.0 cm³/mol. The number of hydrogen-bond donors (Lipinski definition) is 1. The summed E-state index contributed by atoms with van der Waals surface area (Å²) in [5.41, 5.74) is 0.449. The number of anilines is 1. The van der Waals surface area contributed by atoms with Gasteiger partial charge in [-0.3, -0.25) is 10.1 Å². The van der Waals surface area contributed by atoms with E-state index in [4.69, 9.17) is 4.74 Å². The summed E-state index contributed by atoms with van der Waals surface area (Å²) < 4.78 is 33.1. The lowest BCUT2D eigenvalue weighted by Crippen LogP contribution is -2.13. The summed E-state index contributed by atoms with van der Waals surface area (Å²) >= 11 is 0. The van der Waals surface area contributed by atoms with Gasteiger partial charge in [-0.05, 0) is 6.07 Å². The Bertz CT molecular complexity index is 429. The zero-order valence-corrected chi connectivity index (χ0v) is 10.3. The van der Waals surface area contributed by atoms with Gasteiger partial charge in [0.15, 0.2) is 5.75 Å². The number of nitro groups is 1. The zero-order chi connectivity index (χ0) is 14.3. The third kappa shape index (κ3) is 5.04. The van der Waals surface area contributed by atoms with Gasteiger partial charge >= 0.3 is 5.69 Å². The summed E-state index contributed by atoms with van der Waals surface area (Å²) in [6, 6.07) is 4.28. The van der Waals surface area contributed by atoms with Crippen LogP contribution in [0.4, 0.5) is 20.2 Å². The molecule has 0 saturated heterocycles. The number of benzene rings is 1. The van der Waals surface area contributed by atoms with Crippen molar-refractivity contribution in [1.82, 2.24) is 0 Å². The molecule has 1 rings (SSSR count). The highest BCUT2D eigenvalue weighted by atomic mass is 19.3. The van der Waals surface area contributed by atoms with Crippen LogP contribution in [0.2, 0.25) is 0 Å². The van der Waals surface area contributed by atoms with Gasteiger partial charge in [0.1, 0.15) is 6.61 Å². The first kappa shape index (κ1) is 15.1. The van der Waals surface area contributed by atoms with Gasteiger partial charge < -0.3 is 14.8 Å². The zero-order valence-electron chi connectivity index (χ0n) is 10.3. The first-order valence-electron chi connectivity index (χ1n) is 5.46. The maximum absolute atomic E-state index is 11.8. The Morgan fingerprint density at radius 1 is 1.47 bits per heavy atom. The molecule has 0 saturated carbocycles. The summed E-state index contributed by atoms with van der Waals surface area (Å²) in [5.74, 6) is 0.128. The van der Waals surface area contributed by atoms with E-state index in [1.807, 2.05) is 0 Å². The second kappa shape index (κ2) is 7.47. The van der Waals surface area contributed by atoms with Gasteiger partial charge in [-0.1, -0.05) is 0 Å². The van der Waals surface area contributed by atoms with Crippen molar-refractivity contribution >= 4 is 11.4 Å². The summed E-state index contributed by atoms with van der Waals surface area (Å²) in [5, 5.41) is 13.6. The van der Waals surface area contributed by atoms with E-state index >= 15 is 0 Å². The third-order valence-corrected chi connectivity index (χ3v) is 2.20. The Morgan fingerprint density at radius 3 is 2.79 bits per heavy atom. The van der Waals surface area contributed by atoms with Gasteiger partial charge in [-0.15, -0.1) is 0 Å². The van der Waals surface area contributed by atoms with Crippen LogP contribution in [-0.4, -0.2) is 38.2 Å². The molecule has 0 fully saturated rings. The summed E-state index contributed by atoms with van der Waals surface area (Å²) in [7, 11) is 1.33. The first-order valence-corrected chi connectivity index (χ1v) is 5.46. The van der Waals surface area contributed by atoms with E-state index in [-0.39, 0.29) is 18.0 Å². The molecule has 1 aromatic rings. The monoisotopic (exact) mass is 276 g/mol. The standard InChI is InChI=1S/C11H14F2N2O4/c1-18-10-6-8(2-3-9(10)15(16)17)14-4-5-19-7-11(12)13/h2-3,6,11,14H,4-5,7H2,1H3. The van der Waals surface area contributed by atoms with Crippen LogP contribution in [0.25, 0.3) is 0 Å². The van der Waals surface area contributed by atoms with E-state index in [0.29, 0.717) is 12.2 Å². The number of nitrogens with zero attached hydrogens (tertiary/aromatic N) is 1. The molecular weight excluding hydrogens is 262 g/mol. The molecule has 0 aromatic heterocycles. The first-order chi connectivity index (χ1) is 9.04. The van der Waals surface area contributed by atoms with E-state index in [1.54, 1.807) is 0 Å². The van der Waals surface area contributed by atoms with Crippen LogP contribution in [0.15, 0.2) is 18.2 Å². The fourth-order valence-electron chi connectivity index (χ4n) is 1.38. The van der Waals surface area contributed by atoms with Crippen LogP contribution in [0.3, 0.4) is 0 Å². The number of alkyl halides is 2. The van der Waals surface area contributed by atoms with E-state index in [2.05, 4.69) is 10.1 Å². The van der Waals surface area contributed by atoms with Gasteiger partial charge in [-0.2, -0.15) is 0 Å². The number of ether oxygens (including phenoxy) is 2. The molecule has 106 valence electrons. The van der Waals surface area contributed by atoms with Gasteiger partial charge in [0.05, 0.1) is 18.6 Å².